The molecule has 1 unspecified atom stereocenters. The largest absolute Gasteiger partial charge is 0.336 e. The molecule has 8 heteroatoms. The topological polar surface area (TPSA) is 100 Å². The number of hydrogen-bond donors (Lipinski definition) is 2. The summed E-state index contributed by atoms with van der Waals surface area (Å²) in [6.07, 6.45) is 0. The van der Waals surface area contributed by atoms with Crippen LogP contribution in [0.4, 0.5) is 0 Å². The number of aromatic amines is 1. The molecule has 0 spiro atoms. The minimum absolute atomic E-state index is 0.0626. The van der Waals surface area contributed by atoms with E-state index in [2.05, 4.69) is 15.3 Å². The van der Waals surface area contributed by atoms with E-state index in [4.69, 9.17) is 0 Å². The molecule has 0 aromatic carbocycles. The molecule has 26 heavy (non-hydrogen) atoms. The van der Waals surface area contributed by atoms with Crippen LogP contribution in [0.2, 0.25) is 0 Å². The van der Waals surface area contributed by atoms with Gasteiger partial charge in [0, 0.05) is 37.9 Å². The lowest BCUT2D eigenvalue weighted by Crippen LogP contribution is -2.51. The highest BCUT2D eigenvalue weighted by molar-refractivity contribution is 6.05. The van der Waals surface area contributed by atoms with Gasteiger partial charge in [0.05, 0.1) is 10.9 Å². The number of amides is 1. The summed E-state index contributed by atoms with van der Waals surface area (Å²) in [4.78, 5) is 46.5. The first kappa shape index (κ1) is 18.3. The molecular formula is C18H25N5O3. The zero-order valence-electron chi connectivity index (χ0n) is 15.6. The first-order valence-electron chi connectivity index (χ1n) is 9.03. The fourth-order valence-corrected chi connectivity index (χ4v) is 3.34. The summed E-state index contributed by atoms with van der Waals surface area (Å²) in [5, 5.41) is 3.49. The number of rotatable bonds is 3. The Labute approximate surface area is 151 Å². The van der Waals surface area contributed by atoms with Crippen molar-refractivity contribution >= 4 is 16.9 Å². The van der Waals surface area contributed by atoms with Gasteiger partial charge in [-0.1, -0.05) is 13.8 Å². The van der Waals surface area contributed by atoms with Gasteiger partial charge in [-0.05, 0) is 25.8 Å². The number of nitrogens with one attached hydrogen (secondary N) is 2. The second-order valence-corrected chi connectivity index (χ2v) is 7.06. The average molecular weight is 359 g/mol. The van der Waals surface area contributed by atoms with E-state index in [1.165, 1.54) is 4.57 Å². The number of nitrogens with zero attached hydrogens (tertiary/aromatic N) is 3. The highest BCUT2D eigenvalue weighted by atomic mass is 16.2. The van der Waals surface area contributed by atoms with E-state index in [-0.39, 0.29) is 28.9 Å². The van der Waals surface area contributed by atoms with Gasteiger partial charge in [-0.15, -0.1) is 0 Å². The third-order valence-electron chi connectivity index (χ3n) is 4.76. The van der Waals surface area contributed by atoms with Gasteiger partial charge in [0.1, 0.15) is 0 Å². The average Bonchev–Trinajstić information content (AvgIpc) is 2.60. The Balaban J connectivity index is 2.28. The number of carbonyl (C=O) groups is 1. The van der Waals surface area contributed by atoms with Crippen LogP contribution in [0.25, 0.3) is 11.0 Å². The second-order valence-electron chi connectivity index (χ2n) is 7.06. The lowest BCUT2D eigenvalue weighted by atomic mass is 10.0. The Kier molecular flexibility index (Phi) is 4.95. The Morgan fingerprint density at radius 2 is 2.12 bits per heavy atom. The molecule has 1 atom stereocenters. The van der Waals surface area contributed by atoms with Crippen molar-refractivity contribution in [2.24, 2.45) is 0 Å². The van der Waals surface area contributed by atoms with Crippen molar-refractivity contribution in [2.45, 2.75) is 46.2 Å². The fourth-order valence-electron chi connectivity index (χ4n) is 3.34. The van der Waals surface area contributed by atoms with Crippen LogP contribution in [0.1, 0.15) is 49.7 Å². The molecule has 8 nitrogen and oxygen atoms in total. The van der Waals surface area contributed by atoms with Crippen LogP contribution in [-0.2, 0) is 6.54 Å². The summed E-state index contributed by atoms with van der Waals surface area (Å²) in [5.74, 6) is -0.132. The van der Waals surface area contributed by atoms with E-state index in [9.17, 15) is 14.4 Å². The molecule has 0 saturated carbocycles. The fraction of sp³-hybridized carbons (Fsp3) is 0.556. The van der Waals surface area contributed by atoms with Crippen molar-refractivity contribution in [3.8, 4) is 0 Å². The molecule has 0 aliphatic carbocycles. The second kappa shape index (κ2) is 7.03. The number of aromatic nitrogens is 3. The summed E-state index contributed by atoms with van der Waals surface area (Å²) in [6, 6.07) is 1.89. The molecule has 0 bridgehead atoms. The molecule has 1 amide bonds. The normalized spacial score (nSPS) is 17.9. The molecule has 1 aliphatic rings. The SMILES string of the molecule is CCn1c(=O)[nH]c(=O)c2c(C(=O)N3CCNC(C)C3)cc(C(C)C)nc21. The maximum absolute atomic E-state index is 13.2. The Hall–Kier alpha value is -2.48. The Morgan fingerprint density at radius 3 is 2.73 bits per heavy atom. The van der Waals surface area contributed by atoms with Gasteiger partial charge in [0.15, 0.2) is 5.65 Å². The van der Waals surface area contributed by atoms with E-state index >= 15 is 0 Å². The van der Waals surface area contributed by atoms with Gasteiger partial charge in [0.25, 0.3) is 11.5 Å². The highest BCUT2D eigenvalue weighted by Crippen LogP contribution is 2.21. The van der Waals surface area contributed by atoms with E-state index < -0.39 is 11.2 Å². The van der Waals surface area contributed by atoms with Crippen molar-refractivity contribution in [1.29, 1.82) is 0 Å². The van der Waals surface area contributed by atoms with Crippen molar-refractivity contribution in [1.82, 2.24) is 24.8 Å². The van der Waals surface area contributed by atoms with Crippen LogP contribution in [-0.4, -0.2) is 51.0 Å². The van der Waals surface area contributed by atoms with Crippen molar-refractivity contribution in [3.63, 3.8) is 0 Å². The zero-order valence-corrected chi connectivity index (χ0v) is 15.6. The first-order chi connectivity index (χ1) is 12.3. The summed E-state index contributed by atoms with van der Waals surface area (Å²) >= 11 is 0. The molecule has 1 fully saturated rings. The minimum Gasteiger partial charge on any atom is -0.336 e. The van der Waals surface area contributed by atoms with Crippen LogP contribution in [0.15, 0.2) is 15.7 Å². The van der Waals surface area contributed by atoms with Crippen molar-refractivity contribution < 1.29 is 4.79 Å². The zero-order chi connectivity index (χ0) is 19.0. The molecule has 2 aromatic heterocycles. The van der Waals surface area contributed by atoms with E-state index in [1.807, 2.05) is 27.7 Å². The van der Waals surface area contributed by atoms with E-state index in [0.717, 1.165) is 0 Å². The predicted octanol–water partition coefficient (Wildman–Crippen LogP) is 0.662. The first-order valence-corrected chi connectivity index (χ1v) is 9.03. The molecule has 0 radical (unpaired) electrons. The molecule has 2 aromatic rings. The number of fused-ring (bicyclic) bond motifs is 1. The minimum atomic E-state index is -0.566. The van der Waals surface area contributed by atoms with Gasteiger partial charge in [-0.25, -0.2) is 9.78 Å². The predicted molar refractivity (Wildman–Crippen MR) is 99.8 cm³/mol. The molecule has 3 rings (SSSR count). The van der Waals surface area contributed by atoms with Crippen molar-refractivity contribution in [2.75, 3.05) is 19.6 Å². The maximum Gasteiger partial charge on any atom is 0.329 e. The number of hydrogen-bond acceptors (Lipinski definition) is 5. The van der Waals surface area contributed by atoms with Crippen LogP contribution >= 0.6 is 0 Å². The standard InChI is InChI=1S/C18H25N5O3/c1-5-23-15-14(16(24)21-18(23)26)12(8-13(20-15)10(2)3)17(25)22-7-6-19-11(4)9-22/h8,10-11,19H,5-7,9H2,1-4H3,(H,21,24,26). The molecule has 1 aliphatic heterocycles. The van der Waals surface area contributed by atoms with Gasteiger partial charge in [-0.3, -0.25) is 19.1 Å². The summed E-state index contributed by atoms with van der Waals surface area (Å²) < 4.78 is 1.40. The van der Waals surface area contributed by atoms with E-state index in [1.54, 1.807) is 11.0 Å². The van der Waals surface area contributed by atoms with Crippen LogP contribution < -0.4 is 16.6 Å². The van der Waals surface area contributed by atoms with Crippen LogP contribution in [0, 0.1) is 0 Å². The van der Waals surface area contributed by atoms with Gasteiger partial charge in [-0.2, -0.15) is 0 Å². The number of carbonyl (C=O) groups excluding carboxylic acids is 1. The number of pyridine rings is 1. The molecule has 1 saturated heterocycles. The lowest BCUT2D eigenvalue weighted by molar-refractivity contribution is 0.0710. The molecule has 2 N–H and O–H groups in total. The lowest BCUT2D eigenvalue weighted by Gasteiger charge is -2.32. The monoisotopic (exact) mass is 359 g/mol. The third kappa shape index (κ3) is 3.16. The quantitative estimate of drug-likeness (QED) is 0.839. The van der Waals surface area contributed by atoms with E-state index in [0.29, 0.717) is 37.4 Å². The maximum atomic E-state index is 13.2. The highest BCUT2D eigenvalue weighted by Gasteiger charge is 2.26. The Bertz CT molecular complexity index is 960. The molecule has 140 valence electrons. The summed E-state index contributed by atoms with van der Waals surface area (Å²) in [5.41, 5.74) is 0.211. The number of aryl methyl sites for hydroxylation is 1. The Morgan fingerprint density at radius 1 is 1.38 bits per heavy atom. The number of piperazine rings is 1. The van der Waals surface area contributed by atoms with Gasteiger partial charge in [0.2, 0.25) is 0 Å². The smallest absolute Gasteiger partial charge is 0.329 e. The summed E-state index contributed by atoms with van der Waals surface area (Å²) in [7, 11) is 0. The van der Waals surface area contributed by atoms with Gasteiger partial charge >= 0.3 is 5.69 Å². The molecular weight excluding hydrogens is 334 g/mol. The van der Waals surface area contributed by atoms with Crippen LogP contribution in [0.3, 0.4) is 0 Å². The van der Waals surface area contributed by atoms with Crippen LogP contribution in [0.5, 0.6) is 0 Å². The summed E-state index contributed by atoms with van der Waals surface area (Å²) in [6.45, 7) is 9.99. The van der Waals surface area contributed by atoms with Gasteiger partial charge < -0.3 is 10.2 Å². The van der Waals surface area contributed by atoms with Crippen molar-refractivity contribution in [3.05, 3.63) is 38.2 Å². The molecule has 3 heterocycles. The number of H-pyrrole nitrogens is 1. The third-order valence-corrected chi connectivity index (χ3v) is 4.76.